The molecule has 154 valence electrons. The molecule has 0 aromatic heterocycles. The van der Waals surface area contributed by atoms with Crippen molar-refractivity contribution in [3.63, 3.8) is 0 Å². The van der Waals surface area contributed by atoms with Crippen molar-refractivity contribution < 1.29 is 28.3 Å². The first kappa shape index (κ1) is 21.8. The van der Waals surface area contributed by atoms with Crippen molar-refractivity contribution in [2.45, 2.75) is 64.6 Å². The van der Waals surface area contributed by atoms with Gasteiger partial charge in [-0.3, -0.25) is 14.4 Å². The summed E-state index contributed by atoms with van der Waals surface area (Å²) < 4.78 is 27.4. The fourth-order valence-corrected chi connectivity index (χ4v) is 3.42. The summed E-state index contributed by atoms with van der Waals surface area (Å²) in [6, 6.07) is 2.86. The van der Waals surface area contributed by atoms with Crippen LogP contribution in [-0.4, -0.2) is 39.9 Å². The molecule has 2 N–H and O–H groups in total. The van der Waals surface area contributed by atoms with Crippen molar-refractivity contribution in [3.8, 4) is 0 Å². The van der Waals surface area contributed by atoms with Crippen molar-refractivity contribution in [1.29, 1.82) is 0 Å². The number of carboxylic acid groups (broad SMARTS) is 1. The average Bonchev–Trinajstić information content (AvgIpc) is 2.97. The second kappa shape index (κ2) is 9.61. The van der Waals surface area contributed by atoms with E-state index in [1.54, 1.807) is 0 Å². The van der Waals surface area contributed by atoms with Gasteiger partial charge in [-0.15, -0.1) is 0 Å². The Labute approximate surface area is 162 Å². The summed E-state index contributed by atoms with van der Waals surface area (Å²) in [7, 11) is 0. The van der Waals surface area contributed by atoms with Crippen LogP contribution in [0, 0.1) is 17.6 Å². The van der Waals surface area contributed by atoms with Gasteiger partial charge in [0, 0.05) is 37.0 Å². The third-order valence-corrected chi connectivity index (χ3v) is 5.32. The van der Waals surface area contributed by atoms with E-state index >= 15 is 0 Å². The molecule has 28 heavy (non-hydrogen) atoms. The molecule has 0 radical (unpaired) electrons. The smallest absolute Gasteiger partial charge is 0.305 e. The van der Waals surface area contributed by atoms with Crippen LogP contribution >= 0.6 is 0 Å². The largest absolute Gasteiger partial charge is 0.481 e. The standard InChI is InChI=1S/C20H26F2N2O4/c1-3-12(2)16(10-19(27)28)23-17(25)9-14-7-8-18(26)24(14)11-13-5-4-6-15(21)20(13)22/h4-6,12,14,16H,3,7-11H2,1-2H3,(H,23,25)(H,27,28)/t12-,14+,16-/m0/s1. The fourth-order valence-electron chi connectivity index (χ4n) is 3.42. The summed E-state index contributed by atoms with van der Waals surface area (Å²) in [6.45, 7) is 3.67. The molecule has 1 fully saturated rings. The van der Waals surface area contributed by atoms with Crippen molar-refractivity contribution in [2.24, 2.45) is 5.92 Å². The predicted molar refractivity (Wildman–Crippen MR) is 98.2 cm³/mol. The Hall–Kier alpha value is -2.51. The molecule has 1 heterocycles. The number of carbonyl (C=O) groups is 3. The number of carboxylic acids is 1. The Kier molecular flexibility index (Phi) is 7.48. The van der Waals surface area contributed by atoms with E-state index in [1.807, 2.05) is 13.8 Å². The zero-order valence-corrected chi connectivity index (χ0v) is 16.1. The molecule has 0 bridgehead atoms. The van der Waals surface area contributed by atoms with Gasteiger partial charge in [0.05, 0.1) is 6.42 Å². The number of nitrogens with one attached hydrogen (secondary N) is 1. The van der Waals surface area contributed by atoms with Crippen LogP contribution in [0.3, 0.4) is 0 Å². The lowest BCUT2D eigenvalue weighted by molar-refractivity contribution is -0.138. The number of carbonyl (C=O) groups excluding carboxylic acids is 2. The van der Waals surface area contributed by atoms with E-state index in [4.69, 9.17) is 5.11 Å². The first-order valence-electron chi connectivity index (χ1n) is 9.46. The molecule has 2 rings (SSSR count). The molecule has 0 aliphatic carbocycles. The summed E-state index contributed by atoms with van der Waals surface area (Å²) in [4.78, 5) is 37.1. The highest BCUT2D eigenvalue weighted by molar-refractivity contribution is 5.82. The first-order chi connectivity index (χ1) is 13.2. The van der Waals surface area contributed by atoms with E-state index in [0.29, 0.717) is 12.8 Å². The molecular weight excluding hydrogens is 370 g/mol. The molecule has 2 amide bonds. The van der Waals surface area contributed by atoms with E-state index in [-0.39, 0.29) is 49.1 Å². The lowest BCUT2D eigenvalue weighted by Crippen LogP contribution is -2.43. The van der Waals surface area contributed by atoms with E-state index in [2.05, 4.69) is 5.32 Å². The van der Waals surface area contributed by atoms with Gasteiger partial charge in [-0.25, -0.2) is 8.78 Å². The summed E-state index contributed by atoms with van der Waals surface area (Å²) in [5.41, 5.74) is 0.0593. The van der Waals surface area contributed by atoms with Gasteiger partial charge in [-0.1, -0.05) is 32.4 Å². The third kappa shape index (κ3) is 5.50. The maximum absolute atomic E-state index is 13.9. The molecule has 0 saturated carbocycles. The minimum Gasteiger partial charge on any atom is -0.481 e. The Bertz CT molecular complexity index is 741. The van der Waals surface area contributed by atoms with Crippen LogP contribution in [0.2, 0.25) is 0 Å². The summed E-state index contributed by atoms with van der Waals surface area (Å²) in [5, 5.41) is 11.8. The van der Waals surface area contributed by atoms with Crippen molar-refractivity contribution in [2.75, 3.05) is 0 Å². The number of nitrogens with zero attached hydrogens (tertiary/aromatic N) is 1. The monoisotopic (exact) mass is 396 g/mol. The van der Waals surface area contributed by atoms with E-state index in [9.17, 15) is 23.2 Å². The number of hydrogen-bond donors (Lipinski definition) is 2. The molecule has 1 aromatic rings. The topological polar surface area (TPSA) is 86.7 Å². The van der Waals surface area contributed by atoms with Crippen LogP contribution in [-0.2, 0) is 20.9 Å². The molecule has 8 heteroatoms. The SMILES string of the molecule is CC[C@H](C)[C@H](CC(=O)O)NC(=O)C[C@H]1CCC(=O)N1Cc1cccc(F)c1F. The quantitative estimate of drug-likeness (QED) is 0.672. The molecule has 1 aromatic carbocycles. The number of halogens is 2. The molecule has 3 atom stereocenters. The maximum atomic E-state index is 13.9. The normalized spacial score (nSPS) is 18.8. The Morgan fingerprint density at radius 2 is 2.07 bits per heavy atom. The van der Waals surface area contributed by atoms with Crippen LogP contribution in [0.4, 0.5) is 8.78 Å². The Morgan fingerprint density at radius 1 is 1.36 bits per heavy atom. The number of benzene rings is 1. The van der Waals surface area contributed by atoms with Crippen molar-refractivity contribution >= 4 is 17.8 Å². The molecular formula is C20H26F2N2O4. The van der Waals surface area contributed by atoms with Crippen LogP contribution < -0.4 is 5.32 Å². The number of amides is 2. The van der Waals surface area contributed by atoms with Gasteiger partial charge in [-0.05, 0) is 18.4 Å². The molecule has 6 nitrogen and oxygen atoms in total. The van der Waals surface area contributed by atoms with E-state index in [0.717, 1.165) is 6.07 Å². The van der Waals surface area contributed by atoms with Gasteiger partial charge in [0.25, 0.3) is 0 Å². The van der Waals surface area contributed by atoms with Gasteiger partial charge >= 0.3 is 5.97 Å². The first-order valence-corrected chi connectivity index (χ1v) is 9.46. The van der Waals surface area contributed by atoms with Gasteiger partial charge in [0.15, 0.2) is 11.6 Å². The lowest BCUT2D eigenvalue weighted by Gasteiger charge is -2.27. The second-order valence-electron chi connectivity index (χ2n) is 7.29. The van der Waals surface area contributed by atoms with Crippen LogP contribution in [0.1, 0.15) is 51.5 Å². The highest BCUT2D eigenvalue weighted by atomic mass is 19.2. The second-order valence-corrected chi connectivity index (χ2v) is 7.29. The fraction of sp³-hybridized carbons (Fsp3) is 0.550. The predicted octanol–water partition coefficient (Wildman–Crippen LogP) is 2.85. The lowest BCUT2D eigenvalue weighted by atomic mass is 9.96. The Balaban J connectivity index is 2.04. The van der Waals surface area contributed by atoms with Gasteiger partial charge in [0.2, 0.25) is 11.8 Å². The number of hydrogen-bond acceptors (Lipinski definition) is 3. The highest BCUT2D eigenvalue weighted by Crippen LogP contribution is 2.25. The third-order valence-electron chi connectivity index (χ3n) is 5.32. The van der Waals surface area contributed by atoms with Crippen molar-refractivity contribution in [1.82, 2.24) is 10.2 Å². The van der Waals surface area contributed by atoms with E-state index < -0.39 is 29.7 Å². The highest BCUT2D eigenvalue weighted by Gasteiger charge is 2.34. The minimum absolute atomic E-state index is 0.00473. The van der Waals surface area contributed by atoms with Crippen LogP contribution in [0.5, 0.6) is 0 Å². The van der Waals surface area contributed by atoms with E-state index in [1.165, 1.54) is 17.0 Å². The molecule has 1 aliphatic heterocycles. The minimum atomic E-state index is -0.997. The van der Waals surface area contributed by atoms with Crippen LogP contribution in [0.25, 0.3) is 0 Å². The molecule has 0 spiro atoms. The Morgan fingerprint density at radius 3 is 2.71 bits per heavy atom. The number of likely N-dealkylation sites (tertiary alicyclic amines) is 1. The van der Waals surface area contributed by atoms with Gasteiger partial charge in [-0.2, -0.15) is 0 Å². The number of aliphatic carboxylic acids is 1. The van der Waals surface area contributed by atoms with Gasteiger partial charge in [0.1, 0.15) is 0 Å². The van der Waals surface area contributed by atoms with Crippen molar-refractivity contribution in [3.05, 3.63) is 35.4 Å². The maximum Gasteiger partial charge on any atom is 0.305 e. The molecule has 1 saturated heterocycles. The summed E-state index contributed by atoms with van der Waals surface area (Å²) >= 11 is 0. The summed E-state index contributed by atoms with van der Waals surface area (Å²) in [5.74, 6) is -3.55. The average molecular weight is 396 g/mol. The zero-order chi connectivity index (χ0) is 20.8. The zero-order valence-electron chi connectivity index (χ0n) is 16.1. The molecule has 0 unspecified atom stereocenters. The van der Waals surface area contributed by atoms with Gasteiger partial charge < -0.3 is 15.3 Å². The summed E-state index contributed by atoms with van der Waals surface area (Å²) in [6.07, 6.45) is 1.21. The van der Waals surface area contributed by atoms with Crippen LogP contribution in [0.15, 0.2) is 18.2 Å². The number of rotatable bonds is 9. The molecule has 1 aliphatic rings.